The summed E-state index contributed by atoms with van der Waals surface area (Å²) in [5.41, 5.74) is 4.63. The number of carbonyl (C=O) groups is 2. The fraction of sp³-hybridized carbons (Fsp3) is 0.500. The first kappa shape index (κ1) is 10.9. The molecule has 0 aromatic carbocycles. The SMILES string of the molecule is CC(=O)CC(N)=O.[PoH2]. The van der Waals surface area contributed by atoms with Gasteiger partial charge < -0.3 is 5.73 Å². The molecule has 0 bridgehead atoms. The van der Waals surface area contributed by atoms with E-state index in [2.05, 4.69) is 5.73 Å². The standard InChI is InChI=1S/C4H7NO2.Po.2H/c1-3(6)2-4(5)7;;;/h2H2,1H3,(H2,5,7);;;. The van der Waals surface area contributed by atoms with Gasteiger partial charge in [0, 0.05) is 0 Å². The van der Waals surface area contributed by atoms with Gasteiger partial charge in [-0.25, -0.2) is 0 Å². The second-order valence-corrected chi connectivity index (χ2v) is 1.35. The molecule has 2 N–H and O–H groups in total. The van der Waals surface area contributed by atoms with Gasteiger partial charge in [-0.1, -0.05) is 0 Å². The van der Waals surface area contributed by atoms with Crippen molar-refractivity contribution in [3.8, 4) is 0 Å². The normalized spacial score (nSPS) is 7.12. The van der Waals surface area contributed by atoms with Crippen molar-refractivity contribution >= 4 is 38.3 Å². The molecule has 8 heavy (non-hydrogen) atoms. The van der Waals surface area contributed by atoms with Gasteiger partial charge in [0.2, 0.25) is 5.91 Å². The molecule has 48 valence electrons. The van der Waals surface area contributed by atoms with Crippen LogP contribution in [0.15, 0.2) is 0 Å². The van der Waals surface area contributed by atoms with Crippen LogP contribution >= 0.6 is 0 Å². The van der Waals surface area contributed by atoms with E-state index in [9.17, 15) is 9.59 Å². The number of hydrogen-bond donors (Lipinski definition) is 1. The number of nitrogens with two attached hydrogens (primary N) is 1. The van der Waals surface area contributed by atoms with Gasteiger partial charge in [-0.05, 0) is 6.92 Å². The number of Topliss-reactive ketones (excluding diaryl/α,β-unsaturated/α-hetero) is 1. The Labute approximate surface area is 67.1 Å². The number of amides is 1. The van der Waals surface area contributed by atoms with Crippen LogP contribution in [0.5, 0.6) is 0 Å². The van der Waals surface area contributed by atoms with Crippen LogP contribution in [-0.2, 0) is 9.59 Å². The van der Waals surface area contributed by atoms with Crippen molar-refractivity contribution in [3.05, 3.63) is 0 Å². The molecule has 0 radical (unpaired) electrons. The van der Waals surface area contributed by atoms with Crippen LogP contribution < -0.4 is 5.73 Å². The van der Waals surface area contributed by atoms with E-state index < -0.39 is 5.91 Å². The number of carbonyl (C=O) groups excluding carboxylic acids is 2. The molecular weight excluding hydrogens is 303 g/mol. The topological polar surface area (TPSA) is 60.2 Å². The fourth-order valence-electron chi connectivity index (χ4n) is 0.245. The van der Waals surface area contributed by atoms with Crippen LogP contribution in [0.1, 0.15) is 13.3 Å². The van der Waals surface area contributed by atoms with Crippen LogP contribution in [0.3, 0.4) is 0 Å². The Morgan fingerprint density at radius 2 is 1.88 bits per heavy atom. The first-order valence-corrected chi connectivity index (χ1v) is 1.90. The molecule has 0 aliphatic heterocycles. The van der Waals surface area contributed by atoms with Gasteiger partial charge >= 0.3 is 26.6 Å². The third-order valence-corrected chi connectivity index (χ3v) is 0.423. The minimum atomic E-state index is -0.562. The summed E-state index contributed by atoms with van der Waals surface area (Å²) < 4.78 is 0. The van der Waals surface area contributed by atoms with Crippen molar-refractivity contribution in [2.75, 3.05) is 0 Å². The van der Waals surface area contributed by atoms with Gasteiger partial charge in [0.15, 0.2) is 0 Å². The number of ketones is 1. The van der Waals surface area contributed by atoms with Crippen molar-refractivity contribution in [2.24, 2.45) is 5.73 Å². The Hall–Kier alpha value is 0.0361. The molecule has 0 aliphatic rings. The molecule has 0 atom stereocenters. The van der Waals surface area contributed by atoms with Gasteiger partial charge in [0.05, 0.1) is 6.42 Å². The van der Waals surface area contributed by atoms with Crippen molar-refractivity contribution in [2.45, 2.75) is 13.3 Å². The summed E-state index contributed by atoms with van der Waals surface area (Å²) in [6.45, 7) is 1.32. The van der Waals surface area contributed by atoms with Gasteiger partial charge in [-0.3, -0.25) is 9.59 Å². The monoisotopic (exact) mass is 312 g/mol. The molecule has 3 nitrogen and oxygen atoms in total. The summed E-state index contributed by atoms with van der Waals surface area (Å²) in [5.74, 6) is -0.750. The Morgan fingerprint density at radius 3 is 1.88 bits per heavy atom. The van der Waals surface area contributed by atoms with E-state index in [1.807, 2.05) is 0 Å². The van der Waals surface area contributed by atoms with Crippen LogP contribution in [0, 0.1) is 0 Å². The zero-order valence-corrected chi connectivity index (χ0v) is 8.49. The predicted octanol–water partition coefficient (Wildman–Crippen LogP) is -1.47. The van der Waals surface area contributed by atoms with Gasteiger partial charge in [0.25, 0.3) is 0 Å². The molecule has 0 aromatic heterocycles. The molecule has 0 rings (SSSR count). The van der Waals surface area contributed by atoms with Crippen LogP contribution in [0.2, 0.25) is 0 Å². The quantitative estimate of drug-likeness (QED) is 0.633. The third-order valence-electron chi connectivity index (χ3n) is 0.423. The Bertz CT molecular complexity index is 90.2. The van der Waals surface area contributed by atoms with E-state index in [-0.39, 0.29) is 38.8 Å². The van der Waals surface area contributed by atoms with E-state index >= 15 is 0 Å². The maximum atomic E-state index is 9.95. The molecule has 1 amide bonds. The molecule has 0 fully saturated rings. The average Bonchev–Trinajstić information content (AvgIpc) is 1.27. The zero-order valence-electron chi connectivity index (χ0n) is 4.60. The molecule has 0 spiro atoms. The first-order valence-electron chi connectivity index (χ1n) is 1.90. The molecule has 0 heterocycles. The summed E-state index contributed by atoms with van der Waals surface area (Å²) >= 11 is 0. The zero-order chi connectivity index (χ0) is 5.86. The summed E-state index contributed by atoms with van der Waals surface area (Å²) in [6, 6.07) is 0. The predicted molar refractivity (Wildman–Crippen MR) is 33.0 cm³/mol. The van der Waals surface area contributed by atoms with Crippen LogP contribution in [-0.4, -0.2) is 38.3 Å². The van der Waals surface area contributed by atoms with Gasteiger partial charge in [0.1, 0.15) is 5.78 Å². The maximum absolute atomic E-state index is 9.95. The molecule has 0 saturated carbocycles. The molecule has 0 aromatic rings. The van der Waals surface area contributed by atoms with Gasteiger partial charge in [-0.2, -0.15) is 0 Å². The van der Waals surface area contributed by atoms with Crippen molar-refractivity contribution in [3.63, 3.8) is 0 Å². The summed E-state index contributed by atoms with van der Waals surface area (Å²) in [6.07, 6.45) is -0.139. The second kappa shape index (κ2) is 5.18. The van der Waals surface area contributed by atoms with Crippen molar-refractivity contribution in [1.29, 1.82) is 0 Å². The molecule has 0 unspecified atom stereocenters. The molecule has 4 heteroatoms. The molecule has 0 saturated heterocycles. The Morgan fingerprint density at radius 1 is 1.50 bits per heavy atom. The van der Waals surface area contributed by atoms with Crippen molar-refractivity contribution < 1.29 is 9.59 Å². The van der Waals surface area contributed by atoms with Crippen LogP contribution in [0.4, 0.5) is 0 Å². The Kier molecular flexibility index (Phi) is 7.07. The number of primary amides is 1. The van der Waals surface area contributed by atoms with Crippen LogP contribution in [0.25, 0.3) is 0 Å². The second-order valence-electron chi connectivity index (χ2n) is 1.35. The molecular formula is C4H9NO2Po. The van der Waals surface area contributed by atoms with E-state index in [4.69, 9.17) is 0 Å². The fourth-order valence-corrected chi connectivity index (χ4v) is 0.245. The van der Waals surface area contributed by atoms with E-state index in [0.29, 0.717) is 0 Å². The summed E-state index contributed by atoms with van der Waals surface area (Å²) in [4.78, 5) is 19.8. The van der Waals surface area contributed by atoms with E-state index in [0.717, 1.165) is 0 Å². The number of hydrogen-bond acceptors (Lipinski definition) is 2. The summed E-state index contributed by atoms with van der Waals surface area (Å²) in [5, 5.41) is 0. The number of rotatable bonds is 2. The van der Waals surface area contributed by atoms with Gasteiger partial charge in [-0.15, -0.1) is 0 Å². The third kappa shape index (κ3) is 9.40. The van der Waals surface area contributed by atoms with Crippen molar-refractivity contribution in [1.82, 2.24) is 0 Å². The van der Waals surface area contributed by atoms with E-state index in [1.165, 1.54) is 6.92 Å². The average molecular weight is 312 g/mol. The first-order chi connectivity index (χ1) is 3.13. The summed E-state index contributed by atoms with van der Waals surface area (Å²) in [7, 11) is 0. The molecule has 0 aliphatic carbocycles. The Balaban J connectivity index is 0. The minimum absolute atomic E-state index is 0. The van der Waals surface area contributed by atoms with E-state index in [1.54, 1.807) is 0 Å².